The summed E-state index contributed by atoms with van der Waals surface area (Å²) in [5.41, 5.74) is 1.88. The summed E-state index contributed by atoms with van der Waals surface area (Å²) in [5.74, 6) is 0.0289. The maximum absolute atomic E-state index is 12.1. The van der Waals surface area contributed by atoms with Crippen molar-refractivity contribution in [3.05, 3.63) is 29.8 Å². The van der Waals surface area contributed by atoms with Gasteiger partial charge < -0.3 is 15.3 Å². The second kappa shape index (κ2) is 5.61. The fraction of sp³-hybridized carbons (Fsp3) is 0.533. The average Bonchev–Trinajstić information content (AvgIpc) is 2.38. The Hall–Kier alpha value is -1.55. The van der Waals surface area contributed by atoms with Crippen LogP contribution >= 0.6 is 0 Å². The number of para-hydroxylation sites is 1. The van der Waals surface area contributed by atoms with Crippen LogP contribution in [0.2, 0.25) is 0 Å². The van der Waals surface area contributed by atoms with Crippen molar-refractivity contribution in [2.45, 2.75) is 45.4 Å². The summed E-state index contributed by atoms with van der Waals surface area (Å²) >= 11 is 0. The fourth-order valence-electron chi connectivity index (χ4n) is 2.52. The van der Waals surface area contributed by atoms with Gasteiger partial charge in [0.25, 0.3) is 0 Å². The molecule has 0 bridgehead atoms. The average molecular weight is 262 g/mol. The van der Waals surface area contributed by atoms with Gasteiger partial charge in [-0.3, -0.25) is 4.79 Å². The maximum atomic E-state index is 12.1. The van der Waals surface area contributed by atoms with Gasteiger partial charge in [-0.15, -0.1) is 0 Å². The van der Waals surface area contributed by atoms with Crippen molar-refractivity contribution in [2.24, 2.45) is 0 Å². The zero-order valence-electron chi connectivity index (χ0n) is 11.8. The van der Waals surface area contributed by atoms with Crippen LogP contribution in [0.1, 0.15) is 38.9 Å². The Kier molecular flexibility index (Phi) is 4.10. The number of rotatable bonds is 3. The highest BCUT2D eigenvalue weighted by Crippen LogP contribution is 2.34. The van der Waals surface area contributed by atoms with Gasteiger partial charge in [-0.25, -0.2) is 0 Å². The number of nitrogens with zero attached hydrogens (tertiary/aromatic N) is 1. The molecule has 0 saturated heterocycles. The summed E-state index contributed by atoms with van der Waals surface area (Å²) in [7, 11) is 0. The number of carbonyl (C=O) groups excluding carboxylic acids is 1. The zero-order valence-corrected chi connectivity index (χ0v) is 11.8. The van der Waals surface area contributed by atoms with E-state index in [2.05, 4.69) is 10.2 Å². The molecule has 4 nitrogen and oxygen atoms in total. The van der Waals surface area contributed by atoms with Crippen LogP contribution in [0, 0.1) is 0 Å². The Morgan fingerprint density at radius 2 is 2.05 bits per heavy atom. The number of benzene rings is 1. The number of carbonyl (C=O) groups is 1. The first-order chi connectivity index (χ1) is 9.00. The molecule has 0 saturated carbocycles. The van der Waals surface area contributed by atoms with Crippen LogP contribution in [0.25, 0.3) is 0 Å². The van der Waals surface area contributed by atoms with Gasteiger partial charge in [-0.2, -0.15) is 0 Å². The van der Waals surface area contributed by atoms with Crippen molar-refractivity contribution in [1.82, 2.24) is 5.32 Å². The van der Waals surface area contributed by atoms with Crippen molar-refractivity contribution in [3.63, 3.8) is 0 Å². The predicted molar refractivity (Wildman–Crippen MR) is 76.1 cm³/mol. The molecule has 0 aliphatic carbocycles. The molecular weight excluding hydrogens is 240 g/mol. The lowest BCUT2D eigenvalue weighted by molar-refractivity contribution is -0.122. The van der Waals surface area contributed by atoms with Crippen LogP contribution < -0.4 is 10.2 Å². The third-order valence-electron chi connectivity index (χ3n) is 3.53. The summed E-state index contributed by atoms with van der Waals surface area (Å²) < 4.78 is 0. The largest absolute Gasteiger partial charge is 0.388 e. The Morgan fingerprint density at radius 1 is 1.37 bits per heavy atom. The Bertz CT molecular complexity index is 459. The molecular formula is C15H22N2O2. The van der Waals surface area contributed by atoms with E-state index in [9.17, 15) is 9.90 Å². The van der Waals surface area contributed by atoms with Crippen LogP contribution in [0.15, 0.2) is 24.3 Å². The number of hydrogen-bond acceptors (Lipinski definition) is 3. The van der Waals surface area contributed by atoms with Crippen molar-refractivity contribution < 1.29 is 9.90 Å². The van der Waals surface area contributed by atoms with Gasteiger partial charge in [0.1, 0.15) is 6.04 Å². The van der Waals surface area contributed by atoms with E-state index in [1.165, 1.54) is 0 Å². The molecule has 0 aromatic heterocycles. The number of hydrogen-bond donors (Lipinski definition) is 2. The highest BCUT2D eigenvalue weighted by Gasteiger charge is 2.29. The minimum atomic E-state index is -0.423. The van der Waals surface area contributed by atoms with Gasteiger partial charge in [0.15, 0.2) is 0 Å². The summed E-state index contributed by atoms with van der Waals surface area (Å²) in [4.78, 5) is 14.2. The molecule has 1 amide bonds. The molecule has 0 radical (unpaired) electrons. The van der Waals surface area contributed by atoms with Crippen LogP contribution in [-0.4, -0.2) is 29.6 Å². The van der Waals surface area contributed by atoms with Crippen molar-refractivity contribution in [1.29, 1.82) is 0 Å². The van der Waals surface area contributed by atoms with E-state index in [0.717, 1.165) is 11.3 Å². The second-order valence-corrected chi connectivity index (χ2v) is 5.40. The summed E-state index contributed by atoms with van der Waals surface area (Å²) in [6.45, 7) is 6.52. The van der Waals surface area contributed by atoms with E-state index >= 15 is 0 Å². The number of aliphatic hydroxyl groups excluding tert-OH is 1. The molecule has 1 aromatic carbocycles. The molecule has 1 aromatic rings. The molecule has 0 fully saturated rings. The van der Waals surface area contributed by atoms with Gasteiger partial charge in [-0.05, 0) is 33.3 Å². The van der Waals surface area contributed by atoms with E-state index in [4.69, 9.17) is 0 Å². The number of nitrogens with one attached hydrogen (secondary N) is 1. The molecule has 1 aliphatic heterocycles. The molecule has 1 heterocycles. The first-order valence-corrected chi connectivity index (χ1v) is 6.84. The normalized spacial score (nSPS) is 20.1. The molecule has 2 unspecified atom stereocenters. The number of fused-ring (bicyclic) bond motifs is 1. The minimum absolute atomic E-state index is 0.0289. The van der Waals surface area contributed by atoms with Crippen molar-refractivity contribution in [3.8, 4) is 0 Å². The van der Waals surface area contributed by atoms with Gasteiger partial charge in [0, 0.05) is 23.8 Å². The number of anilines is 1. The van der Waals surface area contributed by atoms with Gasteiger partial charge in [0.2, 0.25) is 5.91 Å². The van der Waals surface area contributed by atoms with Gasteiger partial charge >= 0.3 is 0 Å². The first-order valence-electron chi connectivity index (χ1n) is 6.84. The van der Waals surface area contributed by atoms with Crippen molar-refractivity contribution >= 4 is 11.6 Å². The molecule has 2 N–H and O–H groups in total. The van der Waals surface area contributed by atoms with Crippen LogP contribution in [0.5, 0.6) is 0 Å². The van der Waals surface area contributed by atoms with Gasteiger partial charge in [-0.1, -0.05) is 18.2 Å². The standard InChI is InChI=1S/C15H22N2O2/c1-10(2)16-15(19)11(3)17-9-8-14(18)12-6-4-5-7-13(12)17/h4-7,10-11,14,18H,8-9H2,1-3H3,(H,16,19). The molecule has 0 spiro atoms. The lowest BCUT2D eigenvalue weighted by atomic mass is 9.97. The number of amides is 1. The van der Waals surface area contributed by atoms with E-state index in [1.807, 2.05) is 45.0 Å². The molecule has 2 rings (SSSR count). The van der Waals surface area contributed by atoms with E-state index in [0.29, 0.717) is 13.0 Å². The summed E-state index contributed by atoms with van der Waals surface area (Å²) in [6.07, 6.45) is 0.240. The third-order valence-corrected chi connectivity index (χ3v) is 3.53. The lowest BCUT2D eigenvalue weighted by Gasteiger charge is -2.37. The molecule has 19 heavy (non-hydrogen) atoms. The minimum Gasteiger partial charge on any atom is -0.388 e. The SMILES string of the molecule is CC(C)NC(=O)C(C)N1CCC(O)c2ccccc21. The second-order valence-electron chi connectivity index (χ2n) is 5.40. The van der Waals surface area contributed by atoms with Crippen LogP contribution in [-0.2, 0) is 4.79 Å². The van der Waals surface area contributed by atoms with Crippen LogP contribution in [0.4, 0.5) is 5.69 Å². The molecule has 2 atom stereocenters. The zero-order chi connectivity index (χ0) is 14.0. The maximum Gasteiger partial charge on any atom is 0.242 e. The summed E-state index contributed by atoms with van der Waals surface area (Å²) in [5, 5.41) is 13.0. The Morgan fingerprint density at radius 3 is 2.74 bits per heavy atom. The highest BCUT2D eigenvalue weighted by atomic mass is 16.3. The van der Waals surface area contributed by atoms with E-state index in [1.54, 1.807) is 0 Å². The molecule has 4 heteroatoms. The van der Waals surface area contributed by atoms with E-state index in [-0.39, 0.29) is 18.0 Å². The monoisotopic (exact) mass is 262 g/mol. The Labute approximate surface area is 114 Å². The first kappa shape index (κ1) is 13.9. The predicted octanol–water partition coefficient (Wildman–Crippen LogP) is 1.84. The quantitative estimate of drug-likeness (QED) is 0.874. The third kappa shape index (κ3) is 2.89. The molecule has 1 aliphatic rings. The number of aliphatic hydroxyl groups is 1. The molecule has 104 valence electrons. The smallest absolute Gasteiger partial charge is 0.242 e. The highest BCUT2D eigenvalue weighted by molar-refractivity contribution is 5.85. The lowest BCUT2D eigenvalue weighted by Crippen LogP contribution is -2.49. The van der Waals surface area contributed by atoms with E-state index < -0.39 is 6.10 Å². The van der Waals surface area contributed by atoms with Crippen molar-refractivity contribution in [2.75, 3.05) is 11.4 Å². The Balaban J connectivity index is 2.22. The summed E-state index contributed by atoms with van der Waals surface area (Å²) in [6, 6.07) is 7.67. The fourth-order valence-corrected chi connectivity index (χ4v) is 2.52. The topological polar surface area (TPSA) is 52.6 Å². The van der Waals surface area contributed by atoms with Gasteiger partial charge in [0.05, 0.1) is 6.10 Å². The van der Waals surface area contributed by atoms with Crippen LogP contribution in [0.3, 0.4) is 0 Å².